The number of alkyl halides is 3. The molecular weight excluding hydrogens is 345 g/mol. The number of hydrogen-bond acceptors (Lipinski definition) is 3. The topological polar surface area (TPSA) is 45.9 Å². The zero-order valence-electron chi connectivity index (χ0n) is 6.77. The number of aromatic nitrogens is 1. The Hall–Kier alpha value is -0.810. The van der Waals surface area contributed by atoms with Crippen molar-refractivity contribution in [2.75, 3.05) is 0 Å². The SMILES string of the molecule is N#Cc1ncc(OC(F)(F)F)c(Br)c1Br. The summed E-state index contributed by atoms with van der Waals surface area (Å²) >= 11 is 5.78. The van der Waals surface area contributed by atoms with Crippen LogP contribution in [0.1, 0.15) is 5.69 Å². The first-order valence-corrected chi connectivity index (χ1v) is 4.93. The number of nitrogens with zero attached hydrogens (tertiary/aromatic N) is 2. The van der Waals surface area contributed by atoms with E-state index in [1.807, 2.05) is 0 Å². The van der Waals surface area contributed by atoms with Crippen molar-refractivity contribution < 1.29 is 17.9 Å². The standard InChI is InChI=1S/C7HBr2F3N2O/c8-5-3(1-13)14-2-4(6(5)9)15-7(10,11)12/h2H. The van der Waals surface area contributed by atoms with E-state index in [0.29, 0.717) is 0 Å². The van der Waals surface area contributed by atoms with Gasteiger partial charge in [-0.1, -0.05) is 0 Å². The summed E-state index contributed by atoms with van der Waals surface area (Å²) in [7, 11) is 0. The van der Waals surface area contributed by atoms with Crippen LogP contribution in [0.4, 0.5) is 13.2 Å². The predicted octanol–water partition coefficient (Wildman–Crippen LogP) is 3.38. The summed E-state index contributed by atoms with van der Waals surface area (Å²) in [6.45, 7) is 0. The molecule has 1 aromatic rings. The Labute approximate surface area is 99.1 Å². The predicted molar refractivity (Wildman–Crippen MR) is 51.0 cm³/mol. The summed E-state index contributed by atoms with van der Waals surface area (Å²) in [4.78, 5) is 3.48. The molecule has 1 rings (SSSR count). The summed E-state index contributed by atoms with van der Waals surface area (Å²) in [6, 6.07) is 1.70. The van der Waals surface area contributed by atoms with Gasteiger partial charge in [0.1, 0.15) is 6.07 Å². The fourth-order valence-corrected chi connectivity index (χ4v) is 1.48. The molecule has 0 saturated heterocycles. The van der Waals surface area contributed by atoms with E-state index in [1.54, 1.807) is 6.07 Å². The van der Waals surface area contributed by atoms with Crippen LogP contribution < -0.4 is 4.74 Å². The highest BCUT2D eigenvalue weighted by Crippen LogP contribution is 2.36. The van der Waals surface area contributed by atoms with E-state index in [4.69, 9.17) is 5.26 Å². The lowest BCUT2D eigenvalue weighted by atomic mass is 10.3. The van der Waals surface area contributed by atoms with E-state index in [0.717, 1.165) is 6.20 Å². The molecule has 0 spiro atoms. The van der Waals surface area contributed by atoms with Gasteiger partial charge < -0.3 is 4.74 Å². The summed E-state index contributed by atoms with van der Waals surface area (Å²) in [5, 5.41) is 8.54. The van der Waals surface area contributed by atoms with Crippen molar-refractivity contribution in [2.45, 2.75) is 6.36 Å². The van der Waals surface area contributed by atoms with E-state index in [9.17, 15) is 13.2 Å². The van der Waals surface area contributed by atoms with Crippen LogP contribution in [0.3, 0.4) is 0 Å². The van der Waals surface area contributed by atoms with Crippen molar-refractivity contribution in [3.05, 3.63) is 20.8 Å². The summed E-state index contributed by atoms with van der Waals surface area (Å²) in [6.07, 6.45) is -3.97. The van der Waals surface area contributed by atoms with Crippen molar-refractivity contribution in [3.63, 3.8) is 0 Å². The monoisotopic (exact) mass is 344 g/mol. The van der Waals surface area contributed by atoms with Crippen LogP contribution in [0.15, 0.2) is 15.1 Å². The molecule has 15 heavy (non-hydrogen) atoms. The van der Waals surface area contributed by atoms with Gasteiger partial charge in [0, 0.05) is 0 Å². The minimum atomic E-state index is -4.79. The van der Waals surface area contributed by atoms with Gasteiger partial charge in [-0.2, -0.15) is 5.26 Å². The molecule has 0 bridgehead atoms. The number of hydrogen-bond donors (Lipinski definition) is 0. The molecule has 0 aromatic carbocycles. The Morgan fingerprint density at radius 1 is 1.33 bits per heavy atom. The third-order valence-electron chi connectivity index (χ3n) is 1.26. The Morgan fingerprint density at radius 3 is 2.40 bits per heavy atom. The van der Waals surface area contributed by atoms with Gasteiger partial charge in [0.25, 0.3) is 0 Å². The average Bonchev–Trinajstić information content (AvgIpc) is 2.11. The maximum absolute atomic E-state index is 11.9. The smallest absolute Gasteiger partial charge is 0.403 e. The van der Waals surface area contributed by atoms with Gasteiger partial charge in [0.05, 0.1) is 15.1 Å². The number of rotatable bonds is 1. The van der Waals surface area contributed by atoms with Crippen molar-refractivity contribution in [2.24, 2.45) is 0 Å². The minimum absolute atomic E-state index is 0.00799. The van der Waals surface area contributed by atoms with Gasteiger partial charge in [-0.15, -0.1) is 13.2 Å². The molecule has 0 unspecified atom stereocenters. The molecule has 0 saturated carbocycles. The number of halogens is 5. The van der Waals surface area contributed by atoms with Crippen molar-refractivity contribution >= 4 is 31.9 Å². The second kappa shape index (κ2) is 4.37. The zero-order valence-corrected chi connectivity index (χ0v) is 9.94. The Bertz CT molecular complexity index is 427. The van der Waals surface area contributed by atoms with E-state index < -0.39 is 12.1 Å². The molecule has 1 aromatic heterocycles. The number of nitriles is 1. The van der Waals surface area contributed by atoms with Gasteiger partial charge >= 0.3 is 6.36 Å². The quantitative estimate of drug-likeness (QED) is 0.783. The molecule has 3 nitrogen and oxygen atoms in total. The lowest BCUT2D eigenvalue weighted by Gasteiger charge is -2.10. The van der Waals surface area contributed by atoms with E-state index in [-0.39, 0.29) is 14.6 Å². The van der Waals surface area contributed by atoms with Crippen LogP contribution in [0.2, 0.25) is 0 Å². The molecule has 0 fully saturated rings. The molecule has 0 aliphatic carbocycles. The lowest BCUT2D eigenvalue weighted by molar-refractivity contribution is -0.275. The first-order valence-electron chi connectivity index (χ1n) is 3.35. The summed E-state index contributed by atoms with van der Waals surface area (Å²) in [5.41, 5.74) is -0.0311. The number of ether oxygens (including phenoxy) is 1. The lowest BCUT2D eigenvalue weighted by Crippen LogP contribution is -2.17. The van der Waals surface area contributed by atoms with Gasteiger partial charge in [-0.05, 0) is 31.9 Å². The molecule has 8 heteroatoms. The van der Waals surface area contributed by atoms with Crippen LogP contribution in [0.25, 0.3) is 0 Å². The molecule has 0 atom stereocenters. The molecular formula is C7HBr2F3N2O. The van der Waals surface area contributed by atoms with Gasteiger partial charge in [0.2, 0.25) is 0 Å². The molecule has 80 valence electrons. The van der Waals surface area contributed by atoms with E-state index in [2.05, 4.69) is 41.6 Å². The van der Waals surface area contributed by atoms with Crippen LogP contribution in [0.5, 0.6) is 5.75 Å². The zero-order chi connectivity index (χ0) is 11.6. The summed E-state index contributed by atoms with van der Waals surface area (Å²) < 4.78 is 39.4. The molecule has 1 heterocycles. The van der Waals surface area contributed by atoms with Crippen molar-refractivity contribution in [1.82, 2.24) is 4.98 Å². The molecule has 0 aliphatic heterocycles. The van der Waals surface area contributed by atoms with Crippen LogP contribution in [-0.2, 0) is 0 Å². The second-order valence-corrected chi connectivity index (χ2v) is 3.84. The normalized spacial score (nSPS) is 10.9. The molecule has 0 aliphatic rings. The third kappa shape index (κ3) is 3.07. The first-order chi connectivity index (χ1) is 6.85. The highest BCUT2D eigenvalue weighted by Gasteiger charge is 2.32. The molecule has 0 radical (unpaired) electrons. The van der Waals surface area contributed by atoms with Gasteiger partial charge in [-0.3, -0.25) is 0 Å². The Balaban J connectivity index is 3.14. The maximum atomic E-state index is 11.9. The first kappa shape index (κ1) is 12.3. The van der Waals surface area contributed by atoms with Crippen LogP contribution in [0, 0.1) is 11.3 Å². The molecule has 0 N–H and O–H groups in total. The van der Waals surface area contributed by atoms with Crippen LogP contribution in [-0.4, -0.2) is 11.3 Å². The second-order valence-electron chi connectivity index (χ2n) is 2.26. The highest BCUT2D eigenvalue weighted by atomic mass is 79.9. The third-order valence-corrected chi connectivity index (χ3v) is 3.35. The number of pyridine rings is 1. The van der Waals surface area contributed by atoms with E-state index in [1.165, 1.54) is 0 Å². The van der Waals surface area contributed by atoms with E-state index >= 15 is 0 Å². The maximum Gasteiger partial charge on any atom is 0.573 e. The Kier molecular flexibility index (Phi) is 3.57. The van der Waals surface area contributed by atoms with Crippen molar-refractivity contribution in [1.29, 1.82) is 5.26 Å². The average molecular weight is 346 g/mol. The molecule has 0 amide bonds. The Morgan fingerprint density at radius 2 is 1.93 bits per heavy atom. The van der Waals surface area contributed by atoms with Crippen LogP contribution >= 0.6 is 31.9 Å². The van der Waals surface area contributed by atoms with Crippen molar-refractivity contribution in [3.8, 4) is 11.8 Å². The largest absolute Gasteiger partial charge is 0.573 e. The highest BCUT2D eigenvalue weighted by molar-refractivity contribution is 9.13. The van der Waals surface area contributed by atoms with Gasteiger partial charge in [0.15, 0.2) is 11.4 Å². The fourth-order valence-electron chi connectivity index (χ4n) is 0.722. The fraction of sp³-hybridized carbons (Fsp3) is 0.143. The minimum Gasteiger partial charge on any atom is -0.403 e. The summed E-state index contributed by atoms with van der Waals surface area (Å²) in [5.74, 6) is -0.506. The van der Waals surface area contributed by atoms with Gasteiger partial charge in [-0.25, -0.2) is 4.98 Å².